The molecule has 2 aromatic heterocycles. The van der Waals surface area contributed by atoms with Crippen LogP contribution in [0.15, 0.2) is 12.5 Å². The van der Waals surface area contributed by atoms with Crippen LogP contribution >= 0.6 is 23.9 Å². The first-order chi connectivity index (χ1) is 8.19. The standard InChI is InChI=1S/C9H7ClFN3O2S/c1-2-16-9(15)5-3-14(17-11)8-6(5)7(10)12-4-13-8/h3-4H,2H2,1H3. The zero-order valence-corrected chi connectivity index (χ0v) is 10.3. The Morgan fingerprint density at radius 2 is 2.41 bits per heavy atom. The van der Waals surface area contributed by atoms with E-state index in [1.807, 2.05) is 0 Å². The number of halogens is 2. The van der Waals surface area contributed by atoms with Crippen LogP contribution in [-0.2, 0) is 4.74 Å². The minimum absolute atomic E-state index is 0.0767. The lowest BCUT2D eigenvalue weighted by atomic mass is 10.2. The summed E-state index contributed by atoms with van der Waals surface area (Å²) < 4.78 is 18.6. The van der Waals surface area contributed by atoms with E-state index in [9.17, 15) is 8.68 Å². The molecule has 0 aliphatic heterocycles. The number of hydrogen-bond donors (Lipinski definition) is 0. The number of carbonyl (C=O) groups is 1. The van der Waals surface area contributed by atoms with E-state index in [-0.39, 0.29) is 40.7 Å². The van der Waals surface area contributed by atoms with Crippen LogP contribution in [0.2, 0.25) is 5.15 Å². The molecule has 0 N–H and O–H groups in total. The second-order valence-corrected chi connectivity index (χ2v) is 3.91. The van der Waals surface area contributed by atoms with Crippen LogP contribution in [0.25, 0.3) is 11.0 Å². The first kappa shape index (κ1) is 12.1. The number of fused-ring (bicyclic) bond motifs is 1. The molecule has 2 aromatic rings. The van der Waals surface area contributed by atoms with Crippen LogP contribution in [0, 0.1) is 0 Å². The molecule has 90 valence electrons. The quantitative estimate of drug-likeness (QED) is 0.637. The maximum atomic E-state index is 12.7. The second-order valence-electron chi connectivity index (χ2n) is 3.02. The van der Waals surface area contributed by atoms with Gasteiger partial charge >= 0.3 is 5.97 Å². The number of ether oxygens (including phenoxy) is 1. The maximum Gasteiger partial charge on any atom is 0.340 e. The second kappa shape index (κ2) is 4.89. The lowest BCUT2D eigenvalue weighted by molar-refractivity contribution is 0.0528. The number of nitrogens with zero attached hydrogens (tertiary/aromatic N) is 3. The molecule has 0 bridgehead atoms. The smallest absolute Gasteiger partial charge is 0.340 e. The summed E-state index contributed by atoms with van der Waals surface area (Å²) in [6.45, 7) is 1.90. The van der Waals surface area contributed by atoms with Gasteiger partial charge in [0, 0.05) is 6.20 Å². The molecular weight excluding hydrogens is 269 g/mol. The highest BCUT2D eigenvalue weighted by atomic mass is 35.5. The Morgan fingerprint density at radius 3 is 3.06 bits per heavy atom. The van der Waals surface area contributed by atoms with Crippen molar-refractivity contribution in [1.82, 2.24) is 13.9 Å². The van der Waals surface area contributed by atoms with Gasteiger partial charge in [-0.1, -0.05) is 11.6 Å². The van der Waals surface area contributed by atoms with Gasteiger partial charge in [0.15, 0.2) is 18.0 Å². The number of rotatable bonds is 3. The largest absolute Gasteiger partial charge is 0.462 e. The highest BCUT2D eigenvalue weighted by Gasteiger charge is 2.20. The minimum Gasteiger partial charge on any atom is -0.462 e. The van der Waals surface area contributed by atoms with Crippen molar-refractivity contribution in [2.24, 2.45) is 0 Å². The average Bonchev–Trinajstić information content (AvgIpc) is 2.69. The third kappa shape index (κ3) is 2.07. The van der Waals surface area contributed by atoms with Crippen molar-refractivity contribution in [3.05, 3.63) is 23.2 Å². The van der Waals surface area contributed by atoms with Gasteiger partial charge in [-0.05, 0) is 6.92 Å². The summed E-state index contributed by atoms with van der Waals surface area (Å²) in [5, 5.41) is 0.378. The van der Waals surface area contributed by atoms with Crippen LogP contribution in [0.3, 0.4) is 0 Å². The van der Waals surface area contributed by atoms with Gasteiger partial charge in [-0.2, -0.15) is 0 Å². The Kier molecular flexibility index (Phi) is 3.49. The molecule has 0 spiro atoms. The predicted octanol–water partition coefficient (Wildman–Crippen LogP) is 2.64. The first-order valence-corrected chi connectivity index (χ1v) is 5.72. The fourth-order valence-electron chi connectivity index (χ4n) is 1.41. The van der Waals surface area contributed by atoms with E-state index in [1.54, 1.807) is 6.92 Å². The van der Waals surface area contributed by atoms with Gasteiger partial charge in [0.05, 0.1) is 17.6 Å². The van der Waals surface area contributed by atoms with E-state index in [0.29, 0.717) is 0 Å². The molecule has 0 saturated carbocycles. The highest BCUT2D eigenvalue weighted by molar-refractivity contribution is 7.92. The number of esters is 1. The van der Waals surface area contributed by atoms with Gasteiger partial charge in [0.25, 0.3) is 0 Å². The van der Waals surface area contributed by atoms with Gasteiger partial charge in [-0.15, -0.1) is 3.89 Å². The van der Waals surface area contributed by atoms with Crippen LogP contribution in [0.1, 0.15) is 17.3 Å². The van der Waals surface area contributed by atoms with E-state index in [0.717, 1.165) is 3.97 Å². The molecule has 2 rings (SSSR count). The molecule has 5 nitrogen and oxygen atoms in total. The van der Waals surface area contributed by atoms with Crippen molar-refractivity contribution in [2.75, 3.05) is 6.61 Å². The fraction of sp³-hybridized carbons (Fsp3) is 0.222. The third-order valence-electron chi connectivity index (χ3n) is 2.08. The first-order valence-electron chi connectivity index (χ1n) is 4.66. The Bertz CT molecular complexity index is 575. The van der Waals surface area contributed by atoms with Crippen molar-refractivity contribution in [1.29, 1.82) is 0 Å². The lowest BCUT2D eigenvalue weighted by Crippen LogP contribution is -2.03. The summed E-state index contributed by atoms with van der Waals surface area (Å²) in [7, 11) is 0. The molecule has 0 unspecified atom stereocenters. The van der Waals surface area contributed by atoms with Gasteiger partial charge in [0.1, 0.15) is 11.5 Å². The van der Waals surface area contributed by atoms with E-state index < -0.39 is 5.97 Å². The van der Waals surface area contributed by atoms with Crippen molar-refractivity contribution < 1.29 is 13.4 Å². The summed E-state index contributed by atoms with van der Waals surface area (Å²) in [6.07, 6.45) is 2.49. The Balaban J connectivity index is 2.67. The molecule has 0 radical (unpaired) electrons. The molecule has 0 amide bonds. The van der Waals surface area contributed by atoms with Gasteiger partial charge in [0.2, 0.25) is 0 Å². The lowest BCUT2D eigenvalue weighted by Gasteiger charge is -1.99. The molecule has 0 aliphatic carbocycles. The van der Waals surface area contributed by atoms with Crippen molar-refractivity contribution >= 4 is 40.9 Å². The van der Waals surface area contributed by atoms with E-state index in [1.165, 1.54) is 12.5 Å². The van der Waals surface area contributed by atoms with Gasteiger partial charge in [-0.25, -0.2) is 18.7 Å². The number of carbonyl (C=O) groups excluding carboxylic acids is 1. The number of aromatic nitrogens is 3. The Morgan fingerprint density at radius 1 is 1.65 bits per heavy atom. The summed E-state index contributed by atoms with van der Waals surface area (Å²) in [4.78, 5) is 19.3. The van der Waals surface area contributed by atoms with E-state index >= 15 is 0 Å². The van der Waals surface area contributed by atoms with Crippen molar-refractivity contribution in [2.45, 2.75) is 6.92 Å². The predicted molar refractivity (Wildman–Crippen MR) is 62.6 cm³/mol. The molecule has 0 atom stereocenters. The third-order valence-corrected chi connectivity index (χ3v) is 2.79. The van der Waals surface area contributed by atoms with Crippen molar-refractivity contribution in [3.63, 3.8) is 0 Å². The Hall–Kier alpha value is -1.34. The topological polar surface area (TPSA) is 57.0 Å². The normalized spacial score (nSPS) is 10.8. The van der Waals surface area contributed by atoms with E-state index in [2.05, 4.69) is 9.97 Å². The van der Waals surface area contributed by atoms with Gasteiger partial charge < -0.3 is 4.74 Å². The molecule has 0 aliphatic rings. The van der Waals surface area contributed by atoms with Crippen LogP contribution in [0.5, 0.6) is 0 Å². The average molecular weight is 276 g/mol. The van der Waals surface area contributed by atoms with Crippen LogP contribution in [-0.4, -0.2) is 26.5 Å². The molecule has 17 heavy (non-hydrogen) atoms. The zero-order valence-electron chi connectivity index (χ0n) is 8.68. The minimum atomic E-state index is -0.581. The highest BCUT2D eigenvalue weighted by Crippen LogP contribution is 2.29. The fourth-order valence-corrected chi connectivity index (χ4v) is 1.99. The zero-order chi connectivity index (χ0) is 12.4. The summed E-state index contributed by atoms with van der Waals surface area (Å²) >= 11 is 5.80. The van der Waals surface area contributed by atoms with Crippen molar-refractivity contribution in [3.8, 4) is 0 Å². The summed E-state index contributed by atoms with van der Waals surface area (Å²) in [6, 6.07) is 0. The summed E-state index contributed by atoms with van der Waals surface area (Å²) in [5.74, 6) is -0.581. The SMILES string of the molecule is CCOC(=O)c1cn(SF)c2ncnc(Cl)c12. The van der Waals surface area contributed by atoms with Crippen LogP contribution in [0.4, 0.5) is 3.89 Å². The molecule has 0 aromatic carbocycles. The van der Waals surface area contributed by atoms with Gasteiger partial charge in [-0.3, -0.25) is 0 Å². The van der Waals surface area contributed by atoms with E-state index in [4.69, 9.17) is 16.3 Å². The Labute approximate surface area is 105 Å². The molecule has 2 heterocycles. The number of hydrogen-bond acceptors (Lipinski definition) is 5. The molecule has 8 heteroatoms. The molecule has 0 saturated heterocycles. The molecule has 0 fully saturated rings. The molecular formula is C9H7ClFN3O2S. The monoisotopic (exact) mass is 275 g/mol. The van der Waals surface area contributed by atoms with Crippen LogP contribution < -0.4 is 0 Å². The summed E-state index contributed by atoms with van der Waals surface area (Å²) in [5.41, 5.74) is 0.387. The maximum absolute atomic E-state index is 12.7.